The maximum absolute atomic E-state index is 11.3. The molecule has 0 aliphatic rings. The number of esters is 1. The number of carbonyl (C=O) groups excluding carboxylic acids is 1. The van der Waals surface area contributed by atoms with Crippen LogP contribution >= 0.6 is 11.3 Å². The second-order valence-electron chi connectivity index (χ2n) is 3.52. The molecule has 0 unspecified atom stereocenters. The number of nitrogens with zero attached hydrogens (tertiary/aromatic N) is 2. The van der Waals surface area contributed by atoms with Crippen molar-refractivity contribution in [2.45, 2.75) is 6.42 Å². The second kappa shape index (κ2) is 6.11. The normalized spacial score (nSPS) is 10.1. The van der Waals surface area contributed by atoms with Crippen LogP contribution in [0.4, 0.5) is 5.69 Å². The number of thiazole rings is 1. The lowest BCUT2D eigenvalue weighted by Crippen LogP contribution is -2.08. The van der Waals surface area contributed by atoms with Gasteiger partial charge in [-0.1, -0.05) is 0 Å². The van der Waals surface area contributed by atoms with E-state index < -0.39 is 5.97 Å². The number of carbonyl (C=O) groups is 1. The molecule has 0 bridgehead atoms. The molecule has 1 N–H and O–H groups in total. The molecule has 0 atom stereocenters. The maximum Gasteiger partial charge on any atom is 0.356 e. The quantitative estimate of drug-likeness (QED) is 0.836. The summed E-state index contributed by atoms with van der Waals surface area (Å²) in [6, 6.07) is 3.49. The zero-order valence-electron chi connectivity index (χ0n) is 9.92. The molecule has 0 aliphatic heterocycles. The van der Waals surface area contributed by atoms with Crippen molar-refractivity contribution in [2.24, 2.45) is 0 Å². The molecule has 0 saturated carbocycles. The van der Waals surface area contributed by atoms with Gasteiger partial charge in [0.1, 0.15) is 5.69 Å². The highest BCUT2D eigenvalue weighted by Gasteiger charge is 2.07. The number of hydrogen-bond donors (Lipinski definition) is 1. The largest absolute Gasteiger partial charge is 0.464 e. The van der Waals surface area contributed by atoms with E-state index in [-0.39, 0.29) is 0 Å². The van der Waals surface area contributed by atoms with E-state index >= 15 is 0 Å². The van der Waals surface area contributed by atoms with Gasteiger partial charge in [-0.15, -0.1) is 11.3 Å². The van der Waals surface area contributed by atoms with E-state index in [1.807, 2.05) is 11.4 Å². The molecule has 18 heavy (non-hydrogen) atoms. The standard InChI is InChI=1S/C12H13N3O2S/c1-17-12(16)10-8-9(2-4-14-10)13-5-3-11-15-6-7-18-11/h2,4,6-8H,3,5H2,1H3,(H,13,14). The topological polar surface area (TPSA) is 64.1 Å². The summed E-state index contributed by atoms with van der Waals surface area (Å²) in [5, 5.41) is 6.26. The van der Waals surface area contributed by atoms with Gasteiger partial charge in [-0.2, -0.15) is 0 Å². The van der Waals surface area contributed by atoms with E-state index in [1.165, 1.54) is 7.11 Å². The SMILES string of the molecule is COC(=O)c1cc(NCCc2nccs2)ccn1. The first kappa shape index (κ1) is 12.5. The van der Waals surface area contributed by atoms with Crippen LogP contribution in [-0.2, 0) is 11.2 Å². The fourth-order valence-electron chi connectivity index (χ4n) is 1.45. The monoisotopic (exact) mass is 263 g/mol. The molecule has 0 saturated heterocycles. The Bertz CT molecular complexity index is 514. The second-order valence-corrected chi connectivity index (χ2v) is 4.50. The van der Waals surface area contributed by atoms with Gasteiger partial charge in [0.15, 0.2) is 0 Å². The molecule has 2 aromatic rings. The van der Waals surface area contributed by atoms with Gasteiger partial charge >= 0.3 is 5.97 Å². The number of aromatic nitrogens is 2. The van der Waals surface area contributed by atoms with Gasteiger partial charge in [-0.25, -0.2) is 14.8 Å². The summed E-state index contributed by atoms with van der Waals surface area (Å²) in [7, 11) is 1.34. The fourth-order valence-corrected chi connectivity index (χ4v) is 2.07. The molecule has 0 fully saturated rings. The predicted octanol–water partition coefficient (Wildman–Crippen LogP) is 1.98. The predicted molar refractivity (Wildman–Crippen MR) is 69.9 cm³/mol. The lowest BCUT2D eigenvalue weighted by Gasteiger charge is -2.06. The minimum Gasteiger partial charge on any atom is -0.464 e. The Morgan fingerprint density at radius 3 is 3.06 bits per heavy atom. The van der Waals surface area contributed by atoms with E-state index in [2.05, 4.69) is 20.0 Å². The molecular formula is C12H13N3O2S. The van der Waals surface area contributed by atoms with Crippen LogP contribution in [0.5, 0.6) is 0 Å². The van der Waals surface area contributed by atoms with Crippen LogP contribution in [0.2, 0.25) is 0 Å². The van der Waals surface area contributed by atoms with E-state index in [9.17, 15) is 4.79 Å². The molecule has 2 heterocycles. The van der Waals surface area contributed by atoms with Gasteiger partial charge in [0.2, 0.25) is 0 Å². The first-order valence-electron chi connectivity index (χ1n) is 5.46. The van der Waals surface area contributed by atoms with E-state index in [4.69, 9.17) is 0 Å². The molecule has 0 radical (unpaired) electrons. The minimum absolute atomic E-state index is 0.303. The van der Waals surface area contributed by atoms with E-state index in [0.717, 1.165) is 23.7 Å². The molecule has 0 spiro atoms. The van der Waals surface area contributed by atoms with Crippen molar-refractivity contribution in [2.75, 3.05) is 19.0 Å². The van der Waals surface area contributed by atoms with E-state index in [0.29, 0.717) is 5.69 Å². The Balaban J connectivity index is 1.91. The number of ether oxygens (including phenoxy) is 1. The Kier molecular flexibility index (Phi) is 4.25. The zero-order chi connectivity index (χ0) is 12.8. The van der Waals surface area contributed by atoms with Crippen LogP contribution in [0.3, 0.4) is 0 Å². The Morgan fingerprint density at radius 2 is 2.33 bits per heavy atom. The summed E-state index contributed by atoms with van der Waals surface area (Å²) < 4.78 is 4.62. The summed E-state index contributed by atoms with van der Waals surface area (Å²) in [6.07, 6.45) is 4.23. The highest BCUT2D eigenvalue weighted by molar-refractivity contribution is 7.09. The van der Waals surface area contributed by atoms with Crippen molar-refractivity contribution in [3.8, 4) is 0 Å². The highest BCUT2D eigenvalue weighted by atomic mass is 32.1. The van der Waals surface area contributed by atoms with Crippen molar-refractivity contribution in [1.29, 1.82) is 0 Å². The zero-order valence-corrected chi connectivity index (χ0v) is 10.7. The smallest absolute Gasteiger partial charge is 0.356 e. The molecule has 94 valence electrons. The van der Waals surface area contributed by atoms with Gasteiger partial charge in [0, 0.05) is 36.4 Å². The lowest BCUT2D eigenvalue weighted by atomic mass is 10.3. The number of hydrogen-bond acceptors (Lipinski definition) is 6. The van der Waals surface area contributed by atoms with Gasteiger partial charge in [-0.05, 0) is 12.1 Å². The summed E-state index contributed by atoms with van der Waals surface area (Å²) in [5.41, 5.74) is 1.15. The molecular weight excluding hydrogens is 250 g/mol. The third-order valence-electron chi connectivity index (χ3n) is 2.31. The molecule has 0 aromatic carbocycles. The van der Waals surface area contributed by atoms with Crippen LogP contribution in [-0.4, -0.2) is 29.6 Å². The minimum atomic E-state index is -0.432. The average Bonchev–Trinajstić information content (AvgIpc) is 2.91. The van der Waals surface area contributed by atoms with Crippen LogP contribution in [0.15, 0.2) is 29.9 Å². The third kappa shape index (κ3) is 3.27. The molecule has 6 heteroatoms. The molecule has 2 aromatic heterocycles. The molecule has 0 amide bonds. The van der Waals surface area contributed by atoms with Gasteiger partial charge in [-0.3, -0.25) is 0 Å². The first-order chi connectivity index (χ1) is 8.79. The maximum atomic E-state index is 11.3. The fraction of sp³-hybridized carbons (Fsp3) is 0.250. The lowest BCUT2D eigenvalue weighted by molar-refractivity contribution is 0.0594. The summed E-state index contributed by atoms with van der Waals surface area (Å²) >= 11 is 1.63. The summed E-state index contributed by atoms with van der Waals surface area (Å²) in [4.78, 5) is 19.4. The number of methoxy groups -OCH3 is 1. The number of rotatable bonds is 5. The van der Waals surface area contributed by atoms with Crippen LogP contribution in [0.25, 0.3) is 0 Å². The molecule has 5 nitrogen and oxygen atoms in total. The van der Waals surface area contributed by atoms with Crippen molar-refractivity contribution in [3.63, 3.8) is 0 Å². The average molecular weight is 263 g/mol. The van der Waals surface area contributed by atoms with Crippen LogP contribution in [0, 0.1) is 0 Å². The Morgan fingerprint density at radius 1 is 1.44 bits per heavy atom. The van der Waals surface area contributed by atoms with Crippen molar-refractivity contribution in [3.05, 3.63) is 40.6 Å². The number of nitrogens with one attached hydrogen (secondary N) is 1. The van der Waals surface area contributed by atoms with Gasteiger partial charge < -0.3 is 10.1 Å². The number of anilines is 1. The Hall–Kier alpha value is -1.95. The van der Waals surface area contributed by atoms with Crippen molar-refractivity contribution < 1.29 is 9.53 Å². The third-order valence-corrected chi connectivity index (χ3v) is 3.15. The highest BCUT2D eigenvalue weighted by Crippen LogP contribution is 2.10. The summed E-state index contributed by atoms with van der Waals surface area (Å²) in [6.45, 7) is 0.762. The van der Waals surface area contributed by atoms with Gasteiger partial charge in [0.05, 0.1) is 12.1 Å². The van der Waals surface area contributed by atoms with Crippen LogP contribution < -0.4 is 5.32 Å². The Labute approximate surface area is 109 Å². The number of pyridine rings is 1. The summed E-state index contributed by atoms with van der Waals surface area (Å²) in [5.74, 6) is -0.432. The van der Waals surface area contributed by atoms with E-state index in [1.54, 1.807) is 29.8 Å². The van der Waals surface area contributed by atoms with Gasteiger partial charge in [0.25, 0.3) is 0 Å². The van der Waals surface area contributed by atoms with Crippen molar-refractivity contribution >= 4 is 23.0 Å². The first-order valence-corrected chi connectivity index (χ1v) is 6.34. The molecule has 2 rings (SSSR count). The van der Waals surface area contributed by atoms with Crippen LogP contribution in [0.1, 0.15) is 15.5 Å². The molecule has 0 aliphatic carbocycles. The van der Waals surface area contributed by atoms with Crippen molar-refractivity contribution in [1.82, 2.24) is 9.97 Å².